The van der Waals surface area contributed by atoms with E-state index in [-0.39, 0.29) is 23.8 Å². The summed E-state index contributed by atoms with van der Waals surface area (Å²) in [7, 11) is 3.87. The van der Waals surface area contributed by atoms with E-state index < -0.39 is 16.6 Å². The van der Waals surface area contributed by atoms with Crippen LogP contribution in [0.1, 0.15) is 30.9 Å². The fourth-order valence-corrected chi connectivity index (χ4v) is 3.24. The zero-order chi connectivity index (χ0) is 15.9. The van der Waals surface area contributed by atoms with E-state index in [4.69, 9.17) is 4.74 Å². The van der Waals surface area contributed by atoms with Crippen molar-refractivity contribution < 1.29 is 14.5 Å². The van der Waals surface area contributed by atoms with Gasteiger partial charge in [-0.15, -0.1) is 0 Å². The highest BCUT2D eigenvalue weighted by molar-refractivity contribution is 5.84. The number of ketones is 1. The summed E-state index contributed by atoms with van der Waals surface area (Å²) in [4.78, 5) is 29.0. The van der Waals surface area contributed by atoms with Crippen LogP contribution in [0.4, 0.5) is 5.69 Å². The number of Topliss-reactive ketones (excluding diaryl/α,β-unsaturated/α-hetero) is 1. The average Bonchev–Trinajstić information content (AvgIpc) is 3.23. The van der Waals surface area contributed by atoms with E-state index in [1.165, 1.54) is 12.4 Å². The lowest BCUT2D eigenvalue weighted by molar-refractivity contribution is -0.386. The molecule has 2 aliphatic rings. The van der Waals surface area contributed by atoms with Gasteiger partial charge in [-0.1, -0.05) is 0 Å². The Morgan fingerprint density at radius 1 is 1.50 bits per heavy atom. The van der Waals surface area contributed by atoms with Gasteiger partial charge in [0.15, 0.2) is 0 Å². The van der Waals surface area contributed by atoms with Gasteiger partial charge in [-0.2, -0.15) is 0 Å². The van der Waals surface area contributed by atoms with Crippen LogP contribution in [0.25, 0.3) is 0 Å². The maximum absolute atomic E-state index is 12.6. The number of carbonyl (C=O) groups is 1. The number of carbonyl (C=O) groups excluding carboxylic acids is 1. The van der Waals surface area contributed by atoms with Crippen LogP contribution in [-0.4, -0.2) is 46.8 Å². The summed E-state index contributed by atoms with van der Waals surface area (Å²) >= 11 is 0. The van der Waals surface area contributed by atoms with Gasteiger partial charge in [0.2, 0.25) is 0 Å². The summed E-state index contributed by atoms with van der Waals surface area (Å²) < 4.78 is 6.17. The molecule has 2 heterocycles. The number of pyridine rings is 1. The Morgan fingerprint density at radius 3 is 2.82 bits per heavy atom. The summed E-state index contributed by atoms with van der Waals surface area (Å²) in [5.41, 5.74) is -0.0633. The zero-order valence-corrected chi connectivity index (χ0v) is 12.7. The van der Waals surface area contributed by atoms with E-state index in [1.54, 1.807) is 6.07 Å². The highest BCUT2D eigenvalue weighted by Crippen LogP contribution is 2.54. The lowest BCUT2D eigenvalue weighted by Gasteiger charge is -2.37. The molecule has 0 radical (unpaired) electrons. The Kier molecular flexibility index (Phi) is 3.70. The standard InChI is InChI=1S/C15H19N3O4/c1-17(2)9-11-13(19)7-14(22-15(11)4-5-15)10-3-6-16-8-12(10)18(20)21/h3,6,8,11,14H,4-5,7,9H2,1-2H3. The van der Waals surface area contributed by atoms with E-state index in [9.17, 15) is 14.9 Å². The van der Waals surface area contributed by atoms with Crippen molar-refractivity contribution in [2.75, 3.05) is 20.6 Å². The third-order valence-electron chi connectivity index (χ3n) is 4.45. The fourth-order valence-electron chi connectivity index (χ4n) is 3.24. The quantitative estimate of drug-likeness (QED) is 0.622. The predicted octanol–water partition coefficient (Wildman–Crippen LogP) is 1.73. The third-order valence-corrected chi connectivity index (χ3v) is 4.45. The van der Waals surface area contributed by atoms with Crippen molar-refractivity contribution in [1.82, 2.24) is 9.88 Å². The second kappa shape index (κ2) is 5.40. The van der Waals surface area contributed by atoms with Crippen LogP contribution in [0.3, 0.4) is 0 Å². The normalized spacial score (nSPS) is 26.4. The van der Waals surface area contributed by atoms with Crippen molar-refractivity contribution in [3.05, 3.63) is 34.1 Å². The predicted molar refractivity (Wildman–Crippen MR) is 78.4 cm³/mol. The molecule has 7 heteroatoms. The van der Waals surface area contributed by atoms with Crippen molar-refractivity contribution in [3.63, 3.8) is 0 Å². The maximum Gasteiger partial charge on any atom is 0.293 e. The second-order valence-electron chi connectivity index (χ2n) is 6.35. The zero-order valence-electron chi connectivity index (χ0n) is 12.7. The van der Waals surface area contributed by atoms with Crippen LogP contribution in [-0.2, 0) is 9.53 Å². The average molecular weight is 305 g/mol. The Labute approximate surface area is 128 Å². The van der Waals surface area contributed by atoms with Crippen LogP contribution in [0.15, 0.2) is 18.5 Å². The lowest BCUT2D eigenvalue weighted by atomic mass is 9.86. The van der Waals surface area contributed by atoms with Gasteiger partial charge in [-0.25, -0.2) is 0 Å². The van der Waals surface area contributed by atoms with Crippen LogP contribution in [0, 0.1) is 16.0 Å². The molecule has 1 saturated heterocycles. The van der Waals surface area contributed by atoms with Gasteiger partial charge >= 0.3 is 0 Å². The number of aromatic nitrogens is 1. The van der Waals surface area contributed by atoms with Crippen molar-refractivity contribution in [1.29, 1.82) is 0 Å². The topological polar surface area (TPSA) is 85.6 Å². The first-order valence-electron chi connectivity index (χ1n) is 7.36. The van der Waals surface area contributed by atoms with E-state index in [0.29, 0.717) is 12.1 Å². The molecular weight excluding hydrogens is 286 g/mol. The van der Waals surface area contributed by atoms with Crippen LogP contribution in [0.2, 0.25) is 0 Å². The Morgan fingerprint density at radius 2 is 2.23 bits per heavy atom. The highest BCUT2D eigenvalue weighted by atomic mass is 16.6. The Hall–Kier alpha value is -1.86. The first-order chi connectivity index (χ1) is 10.4. The van der Waals surface area contributed by atoms with Gasteiger partial charge in [0, 0.05) is 19.2 Å². The highest BCUT2D eigenvalue weighted by Gasteiger charge is 2.58. The molecule has 2 fully saturated rings. The van der Waals surface area contributed by atoms with Crippen LogP contribution >= 0.6 is 0 Å². The first-order valence-corrected chi connectivity index (χ1v) is 7.36. The van der Waals surface area contributed by atoms with Crippen LogP contribution < -0.4 is 0 Å². The van der Waals surface area contributed by atoms with Crippen molar-refractivity contribution >= 4 is 11.5 Å². The largest absolute Gasteiger partial charge is 0.366 e. The summed E-state index contributed by atoms with van der Waals surface area (Å²) in [6.45, 7) is 0.657. The molecular formula is C15H19N3O4. The SMILES string of the molecule is CN(C)CC1C(=O)CC(c2ccncc2[N+](=O)[O-])OC12CC2. The number of hydrogen-bond donors (Lipinski definition) is 0. The molecule has 1 saturated carbocycles. The third kappa shape index (κ3) is 2.62. The minimum Gasteiger partial charge on any atom is -0.366 e. The first kappa shape index (κ1) is 15.1. The molecule has 0 bridgehead atoms. The molecule has 22 heavy (non-hydrogen) atoms. The molecule has 1 spiro atoms. The number of ether oxygens (including phenoxy) is 1. The Bertz CT molecular complexity index is 613. The van der Waals surface area contributed by atoms with Crippen molar-refractivity contribution in [2.24, 2.45) is 5.92 Å². The maximum atomic E-state index is 12.6. The fraction of sp³-hybridized carbons (Fsp3) is 0.600. The molecule has 118 valence electrons. The van der Waals surface area contributed by atoms with Gasteiger partial charge in [0.1, 0.15) is 12.0 Å². The monoisotopic (exact) mass is 305 g/mol. The van der Waals surface area contributed by atoms with Crippen molar-refractivity contribution in [3.8, 4) is 0 Å². The molecule has 3 rings (SSSR count). The molecule has 1 aliphatic heterocycles. The number of hydrogen-bond acceptors (Lipinski definition) is 6. The van der Waals surface area contributed by atoms with Gasteiger partial charge < -0.3 is 9.64 Å². The molecule has 1 aliphatic carbocycles. The molecule has 1 aromatic heterocycles. The molecule has 0 aromatic carbocycles. The van der Waals surface area contributed by atoms with Gasteiger partial charge in [0.25, 0.3) is 5.69 Å². The molecule has 7 nitrogen and oxygen atoms in total. The molecule has 1 aromatic rings. The number of nitro groups is 1. The molecule has 0 amide bonds. The smallest absolute Gasteiger partial charge is 0.293 e. The molecule has 2 atom stereocenters. The van der Waals surface area contributed by atoms with Gasteiger partial charge in [0.05, 0.1) is 28.1 Å². The summed E-state index contributed by atoms with van der Waals surface area (Å²) in [6.07, 6.45) is 4.04. The number of nitrogens with zero attached hydrogens (tertiary/aromatic N) is 3. The minimum absolute atomic E-state index is 0.0813. The Balaban J connectivity index is 1.88. The summed E-state index contributed by atoms with van der Waals surface area (Å²) in [5, 5.41) is 11.2. The van der Waals surface area contributed by atoms with Gasteiger partial charge in [-0.05, 0) is 33.0 Å². The minimum atomic E-state index is -0.545. The number of rotatable bonds is 4. The summed E-state index contributed by atoms with van der Waals surface area (Å²) in [6, 6.07) is 1.58. The van der Waals surface area contributed by atoms with E-state index >= 15 is 0 Å². The van der Waals surface area contributed by atoms with E-state index in [0.717, 1.165) is 12.8 Å². The van der Waals surface area contributed by atoms with E-state index in [1.807, 2.05) is 19.0 Å². The van der Waals surface area contributed by atoms with E-state index in [2.05, 4.69) is 4.98 Å². The van der Waals surface area contributed by atoms with Crippen LogP contribution in [0.5, 0.6) is 0 Å². The molecule has 2 unspecified atom stereocenters. The van der Waals surface area contributed by atoms with Crippen molar-refractivity contribution in [2.45, 2.75) is 31.0 Å². The van der Waals surface area contributed by atoms with Gasteiger partial charge in [-0.3, -0.25) is 19.9 Å². The second-order valence-corrected chi connectivity index (χ2v) is 6.35. The lowest BCUT2D eigenvalue weighted by Crippen LogP contribution is -2.45. The summed E-state index contributed by atoms with van der Waals surface area (Å²) in [5.74, 6) is -0.00629. The molecule has 0 N–H and O–H groups in total.